The Morgan fingerprint density at radius 3 is 2.65 bits per heavy atom. The highest BCUT2D eigenvalue weighted by Gasteiger charge is 2.14. The molecule has 4 nitrogen and oxygen atoms in total. The Kier molecular flexibility index (Phi) is 6.15. The van der Waals surface area contributed by atoms with E-state index in [2.05, 4.69) is 12.2 Å². The standard InChI is InChI=1S/C15H20FNO3/c1-3-4-5-10(2)15(20)17-12-7-6-11(8-14(18)19)13(16)9-12/h6-7,9-10H,3-5,8H2,1-2H3,(H,17,20)(H,18,19). The Morgan fingerprint density at radius 1 is 1.40 bits per heavy atom. The minimum atomic E-state index is -1.09. The maximum atomic E-state index is 13.6. The van der Waals surface area contributed by atoms with Gasteiger partial charge in [0.1, 0.15) is 5.82 Å². The molecule has 0 aliphatic rings. The second-order valence-electron chi connectivity index (χ2n) is 4.91. The smallest absolute Gasteiger partial charge is 0.307 e. The largest absolute Gasteiger partial charge is 0.481 e. The third-order valence-corrected chi connectivity index (χ3v) is 3.10. The minimum absolute atomic E-state index is 0.106. The average molecular weight is 281 g/mol. The Morgan fingerprint density at radius 2 is 2.10 bits per heavy atom. The summed E-state index contributed by atoms with van der Waals surface area (Å²) >= 11 is 0. The van der Waals surface area contributed by atoms with E-state index in [0.717, 1.165) is 25.3 Å². The van der Waals surface area contributed by atoms with Gasteiger partial charge in [-0.05, 0) is 24.1 Å². The average Bonchev–Trinajstić information content (AvgIpc) is 2.38. The van der Waals surface area contributed by atoms with Crippen LogP contribution in [0.3, 0.4) is 0 Å². The summed E-state index contributed by atoms with van der Waals surface area (Å²) in [5, 5.41) is 11.3. The molecule has 0 aliphatic heterocycles. The summed E-state index contributed by atoms with van der Waals surface area (Å²) in [6.45, 7) is 3.89. The fraction of sp³-hybridized carbons (Fsp3) is 0.467. The first kappa shape index (κ1) is 16.1. The van der Waals surface area contributed by atoms with Crippen LogP contribution in [0.5, 0.6) is 0 Å². The van der Waals surface area contributed by atoms with Crippen molar-refractivity contribution in [3.8, 4) is 0 Å². The maximum Gasteiger partial charge on any atom is 0.307 e. The zero-order chi connectivity index (χ0) is 15.1. The third kappa shape index (κ3) is 4.99. The van der Waals surface area contributed by atoms with E-state index in [9.17, 15) is 14.0 Å². The van der Waals surface area contributed by atoms with Gasteiger partial charge < -0.3 is 10.4 Å². The molecule has 110 valence electrons. The van der Waals surface area contributed by atoms with Gasteiger partial charge in [0.15, 0.2) is 0 Å². The van der Waals surface area contributed by atoms with E-state index in [1.165, 1.54) is 12.1 Å². The number of carbonyl (C=O) groups excluding carboxylic acids is 1. The molecular weight excluding hydrogens is 261 g/mol. The molecule has 0 fully saturated rings. The first-order valence-corrected chi connectivity index (χ1v) is 6.75. The molecule has 0 saturated heterocycles. The predicted octanol–water partition coefficient (Wildman–Crippen LogP) is 3.22. The van der Waals surface area contributed by atoms with E-state index >= 15 is 0 Å². The molecule has 20 heavy (non-hydrogen) atoms. The van der Waals surface area contributed by atoms with Gasteiger partial charge in [0, 0.05) is 11.6 Å². The summed E-state index contributed by atoms with van der Waals surface area (Å²) in [6, 6.07) is 4.06. The molecule has 1 rings (SSSR count). The van der Waals surface area contributed by atoms with E-state index in [1.54, 1.807) is 0 Å². The predicted molar refractivity (Wildman–Crippen MR) is 75.1 cm³/mol. The van der Waals surface area contributed by atoms with E-state index < -0.39 is 11.8 Å². The lowest BCUT2D eigenvalue weighted by molar-refractivity contribution is -0.136. The molecule has 1 atom stereocenters. The lowest BCUT2D eigenvalue weighted by atomic mass is 10.0. The van der Waals surface area contributed by atoms with Crippen LogP contribution >= 0.6 is 0 Å². The van der Waals surface area contributed by atoms with Gasteiger partial charge in [0.05, 0.1) is 6.42 Å². The van der Waals surface area contributed by atoms with Crippen LogP contribution in [-0.4, -0.2) is 17.0 Å². The van der Waals surface area contributed by atoms with Crippen molar-refractivity contribution in [2.45, 2.75) is 39.5 Å². The Bertz CT molecular complexity index is 488. The molecule has 2 N–H and O–H groups in total. The first-order chi connectivity index (χ1) is 9.43. The van der Waals surface area contributed by atoms with Crippen molar-refractivity contribution < 1.29 is 19.1 Å². The number of aliphatic carboxylic acids is 1. The number of benzene rings is 1. The second-order valence-corrected chi connectivity index (χ2v) is 4.91. The molecule has 1 aromatic carbocycles. The molecule has 0 bridgehead atoms. The highest BCUT2D eigenvalue weighted by molar-refractivity contribution is 5.92. The molecule has 1 amide bonds. The summed E-state index contributed by atoms with van der Waals surface area (Å²) in [4.78, 5) is 22.4. The molecule has 0 saturated carbocycles. The molecule has 1 aromatic rings. The Labute approximate surface area is 118 Å². The van der Waals surface area contributed by atoms with Gasteiger partial charge in [-0.1, -0.05) is 32.8 Å². The second kappa shape index (κ2) is 7.62. The SMILES string of the molecule is CCCCC(C)C(=O)Nc1ccc(CC(=O)O)c(F)c1. The van der Waals surface area contributed by atoms with E-state index in [4.69, 9.17) is 5.11 Å². The van der Waals surface area contributed by atoms with E-state index in [1.807, 2.05) is 6.92 Å². The van der Waals surface area contributed by atoms with E-state index in [-0.39, 0.29) is 23.8 Å². The van der Waals surface area contributed by atoms with Gasteiger partial charge in [0.2, 0.25) is 5.91 Å². The summed E-state index contributed by atoms with van der Waals surface area (Å²) < 4.78 is 13.6. The van der Waals surface area contributed by atoms with Gasteiger partial charge >= 0.3 is 5.97 Å². The van der Waals surface area contributed by atoms with Gasteiger partial charge in [-0.3, -0.25) is 9.59 Å². The maximum absolute atomic E-state index is 13.6. The van der Waals surface area contributed by atoms with Crippen LogP contribution in [0.25, 0.3) is 0 Å². The van der Waals surface area contributed by atoms with Crippen molar-refractivity contribution in [3.05, 3.63) is 29.6 Å². The highest BCUT2D eigenvalue weighted by Crippen LogP contribution is 2.17. The van der Waals surface area contributed by atoms with Crippen molar-refractivity contribution in [2.75, 3.05) is 5.32 Å². The Balaban J connectivity index is 2.67. The van der Waals surface area contributed by atoms with Crippen molar-refractivity contribution >= 4 is 17.6 Å². The van der Waals surface area contributed by atoms with Crippen molar-refractivity contribution in [1.29, 1.82) is 0 Å². The van der Waals surface area contributed by atoms with Crippen LogP contribution in [0.2, 0.25) is 0 Å². The molecule has 0 radical (unpaired) electrons. The summed E-state index contributed by atoms with van der Waals surface area (Å²) in [5.41, 5.74) is 0.458. The number of unbranched alkanes of at least 4 members (excludes halogenated alkanes) is 1. The normalized spacial score (nSPS) is 11.9. The molecule has 1 unspecified atom stereocenters. The number of halogens is 1. The number of rotatable bonds is 7. The van der Waals surface area contributed by atoms with Gasteiger partial charge in [0.25, 0.3) is 0 Å². The zero-order valence-electron chi connectivity index (χ0n) is 11.8. The fourth-order valence-electron chi connectivity index (χ4n) is 1.84. The summed E-state index contributed by atoms with van der Waals surface area (Å²) in [6.07, 6.45) is 2.42. The topological polar surface area (TPSA) is 66.4 Å². The number of carboxylic acids is 1. The summed E-state index contributed by atoms with van der Waals surface area (Å²) in [7, 11) is 0. The minimum Gasteiger partial charge on any atom is -0.481 e. The number of hydrogen-bond acceptors (Lipinski definition) is 2. The molecule has 5 heteroatoms. The van der Waals surface area contributed by atoms with Crippen molar-refractivity contribution in [2.24, 2.45) is 5.92 Å². The molecule has 0 aliphatic carbocycles. The molecule has 0 heterocycles. The van der Waals surface area contributed by atoms with Crippen molar-refractivity contribution in [1.82, 2.24) is 0 Å². The highest BCUT2D eigenvalue weighted by atomic mass is 19.1. The summed E-state index contributed by atoms with van der Waals surface area (Å²) in [5.74, 6) is -1.99. The quantitative estimate of drug-likeness (QED) is 0.806. The van der Waals surface area contributed by atoms with E-state index in [0.29, 0.717) is 5.69 Å². The lowest BCUT2D eigenvalue weighted by Crippen LogP contribution is -2.20. The van der Waals surface area contributed by atoms with Crippen LogP contribution in [0, 0.1) is 11.7 Å². The molecule has 0 spiro atoms. The molecular formula is C15H20FNO3. The number of carbonyl (C=O) groups is 2. The zero-order valence-corrected chi connectivity index (χ0v) is 11.8. The van der Waals surface area contributed by atoms with Gasteiger partial charge in [-0.15, -0.1) is 0 Å². The van der Waals surface area contributed by atoms with Gasteiger partial charge in [-0.25, -0.2) is 4.39 Å². The molecule has 0 aromatic heterocycles. The number of anilines is 1. The monoisotopic (exact) mass is 281 g/mol. The van der Waals surface area contributed by atoms with Crippen LogP contribution in [0.1, 0.15) is 38.7 Å². The van der Waals surface area contributed by atoms with Crippen LogP contribution in [-0.2, 0) is 16.0 Å². The number of hydrogen-bond donors (Lipinski definition) is 2. The fourth-order valence-corrected chi connectivity index (χ4v) is 1.84. The number of amides is 1. The van der Waals surface area contributed by atoms with Crippen LogP contribution < -0.4 is 5.32 Å². The van der Waals surface area contributed by atoms with Crippen molar-refractivity contribution in [3.63, 3.8) is 0 Å². The van der Waals surface area contributed by atoms with Gasteiger partial charge in [-0.2, -0.15) is 0 Å². The first-order valence-electron chi connectivity index (χ1n) is 6.75. The number of carboxylic acid groups (broad SMARTS) is 1. The lowest BCUT2D eigenvalue weighted by Gasteiger charge is -2.12. The third-order valence-electron chi connectivity index (χ3n) is 3.10. The number of nitrogens with one attached hydrogen (secondary N) is 1. The Hall–Kier alpha value is -1.91. The van der Waals surface area contributed by atoms with Crippen LogP contribution in [0.15, 0.2) is 18.2 Å². The van der Waals surface area contributed by atoms with Crippen LogP contribution in [0.4, 0.5) is 10.1 Å².